The number of rotatable bonds is 14. The molecule has 0 spiro atoms. The van der Waals surface area contributed by atoms with Gasteiger partial charge in [-0.1, -0.05) is 76.5 Å². The van der Waals surface area contributed by atoms with E-state index in [0.29, 0.717) is 13.2 Å². The molecule has 2 aliphatic heterocycles. The molecule has 7 nitrogen and oxygen atoms in total. The van der Waals surface area contributed by atoms with E-state index in [2.05, 4.69) is 12.2 Å². The normalized spacial score (nSPS) is 21.4. The first-order valence-electron chi connectivity index (χ1n) is 11.1. The van der Waals surface area contributed by atoms with Crippen molar-refractivity contribution in [2.75, 3.05) is 33.1 Å². The summed E-state index contributed by atoms with van der Waals surface area (Å²) in [6.07, 6.45) is 12.7. The first-order chi connectivity index (χ1) is 14.1. The van der Waals surface area contributed by atoms with Gasteiger partial charge in [0.1, 0.15) is 0 Å². The van der Waals surface area contributed by atoms with E-state index in [0.717, 1.165) is 17.3 Å². The van der Waals surface area contributed by atoms with Gasteiger partial charge < -0.3 is 14.5 Å². The summed E-state index contributed by atoms with van der Waals surface area (Å²) in [7, 11) is 3.34. The highest BCUT2D eigenvalue weighted by atomic mass is 32.2. The molecular formula is C21H38N4O3S. The minimum atomic E-state index is -0.456. The summed E-state index contributed by atoms with van der Waals surface area (Å²) in [6, 6.07) is -0.837. The number of methoxy groups -OCH3 is 1. The highest BCUT2D eigenvalue weighted by Crippen LogP contribution is 2.28. The maximum absolute atomic E-state index is 12.4. The van der Waals surface area contributed by atoms with Crippen LogP contribution < -0.4 is 5.32 Å². The van der Waals surface area contributed by atoms with Gasteiger partial charge in [-0.3, -0.25) is 10.1 Å². The predicted molar refractivity (Wildman–Crippen MR) is 119 cm³/mol. The molecule has 1 N–H and O–H groups in total. The third kappa shape index (κ3) is 7.17. The van der Waals surface area contributed by atoms with Crippen LogP contribution in [-0.4, -0.2) is 72.2 Å². The SMILES string of the molecule is CCCCCCCCCCCCSC1=NC2C(C(=O)NC(=O)N2C)N1CCOC. The number of nitrogens with zero attached hydrogens (tertiary/aromatic N) is 3. The van der Waals surface area contributed by atoms with Crippen molar-refractivity contribution in [3.8, 4) is 0 Å². The number of amidine groups is 1. The Labute approximate surface area is 180 Å². The zero-order chi connectivity index (χ0) is 21.1. The van der Waals surface area contributed by atoms with Crippen molar-refractivity contribution in [3.63, 3.8) is 0 Å². The number of aliphatic imine (C=N–C) groups is 1. The summed E-state index contributed by atoms with van der Waals surface area (Å²) in [5.41, 5.74) is 0. The van der Waals surface area contributed by atoms with Crippen molar-refractivity contribution < 1.29 is 14.3 Å². The third-order valence-electron chi connectivity index (χ3n) is 5.59. The summed E-state index contributed by atoms with van der Waals surface area (Å²) < 4.78 is 5.21. The number of thioether (sulfide) groups is 1. The number of unbranched alkanes of at least 4 members (excludes halogenated alkanes) is 9. The molecule has 29 heavy (non-hydrogen) atoms. The molecule has 3 amide bonds. The van der Waals surface area contributed by atoms with Gasteiger partial charge >= 0.3 is 6.03 Å². The maximum atomic E-state index is 12.4. The molecule has 0 saturated carbocycles. The topological polar surface area (TPSA) is 74.2 Å². The number of nitrogens with one attached hydrogen (secondary N) is 1. The molecule has 0 aromatic heterocycles. The molecule has 2 unspecified atom stereocenters. The lowest BCUT2D eigenvalue weighted by atomic mass is 10.1. The Balaban J connectivity index is 1.71. The van der Waals surface area contributed by atoms with Gasteiger partial charge in [0.05, 0.1) is 6.61 Å². The van der Waals surface area contributed by atoms with Crippen LogP contribution in [-0.2, 0) is 9.53 Å². The fraction of sp³-hybridized carbons (Fsp3) is 0.857. The Kier molecular flexibility index (Phi) is 10.8. The Morgan fingerprint density at radius 1 is 1.03 bits per heavy atom. The molecule has 0 aromatic carbocycles. The molecule has 0 aromatic rings. The molecule has 0 bridgehead atoms. The van der Waals surface area contributed by atoms with Gasteiger partial charge in [-0.25, -0.2) is 9.79 Å². The molecule has 166 valence electrons. The zero-order valence-corrected chi connectivity index (χ0v) is 19.1. The lowest BCUT2D eigenvalue weighted by Crippen LogP contribution is -2.63. The number of hydrogen-bond acceptors (Lipinski definition) is 6. The number of amides is 3. The molecule has 2 atom stereocenters. The summed E-state index contributed by atoms with van der Waals surface area (Å²) in [5.74, 6) is 0.713. The Morgan fingerprint density at radius 3 is 2.28 bits per heavy atom. The van der Waals surface area contributed by atoms with Gasteiger partial charge in [0.2, 0.25) is 0 Å². The minimum Gasteiger partial charge on any atom is -0.383 e. The van der Waals surface area contributed by atoms with Gasteiger partial charge in [-0.2, -0.15) is 0 Å². The molecule has 2 aliphatic rings. The van der Waals surface area contributed by atoms with Gasteiger partial charge in [0, 0.05) is 26.5 Å². The van der Waals surface area contributed by atoms with Crippen molar-refractivity contribution >= 4 is 28.9 Å². The van der Waals surface area contributed by atoms with Crippen LogP contribution in [0.15, 0.2) is 4.99 Å². The molecule has 0 radical (unpaired) electrons. The van der Waals surface area contributed by atoms with Gasteiger partial charge in [-0.05, 0) is 6.42 Å². The van der Waals surface area contributed by atoms with Crippen LogP contribution in [0.5, 0.6) is 0 Å². The second-order valence-electron chi connectivity index (χ2n) is 7.89. The fourth-order valence-electron chi connectivity index (χ4n) is 3.80. The quantitative estimate of drug-likeness (QED) is 0.427. The number of urea groups is 1. The summed E-state index contributed by atoms with van der Waals surface area (Å²) >= 11 is 1.69. The highest BCUT2D eigenvalue weighted by molar-refractivity contribution is 8.13. The van der Waals surface area contributed by atoms with E-state index in [9.17, 15) is 9.59 Å². The van der Waals surface area contributed by atoms with E-state index in [1.807, 2.05) is 4.90 Å². The average Bonchev–Trinajstić information content (AvgIpc) is 3.07. The van der Waals surface area contributed by atoms with Gasteiger partial charge in [0.25, 0.3) is 5.91 Å². The van der Waals surface area contributed by atoms with E-state index in [1.165, 1.54) is 62.7 Å². The van der Waals surface area contributed by atoms with Crippen LogP contribution in [0.4, 0.5) is 4.79 Å². The van der Waals surface area contributed by atoms with Crippen molar-refractivity contribution in [2.45, 2.75) is 83.3 Å². The molecular weight excluding hydrogens is 388 g/mol. The van der Waals surface area contributed by atoms with E-state index < -0.39 is 12.2 Å². The summed E-state index contributed by atoms with van der Waals surface area (Å²) in [6.45, 7) is 3.37. The van der Waals surface area contributed by atoms with Crippen molar-refractivity contribution in [2.24, 2.45) is 4.99 Å². The van der Waals surface area contributed by atoms with E-state index in [4.69, 9.17) is 9.73 Å². The van der Waals surface area contributed by atoms with E-state index in [1.54, 1.807) is 25.9 Å². The molecule has 2 heterocycles. The van der Waals surface area contributed by atoms with Crippen LogP contribution in [0.1, 0.15) is 71.1 Å². The number of hydrogen-bond donors (Lipinski definition) is 1. The summed E-state index contributed by atoms with van der Waals surface area (Å²) in [4.78, 5) is 32.5. The first-order valence-corrected chi connectivity index (χ1v) is 12.1. The van der Waals surface area contributed by atoms with Crippen LogP contribution in [0.2, 0.25) is 0 Å². The van der Waals surface area contributed by atoms with E-state index in [-0.39, 0.29) is 11.9 Å². The average molecular weight is 427 g/mol. The number of carbonyl (C=O) groups excluding carboxylic acids is 2. The van der Waals surface area contributed by atoms with Crippen LogP contribution >= 0.6 is 11.8 Å². The standard InChI is InChI=1S/C21H38N4O3S/c1-4-5-6-7-8-9-10-11-12-13-16-29-21-22-18-17(25(21)14-15-28-3)19(26)23-20(27)24(18)2/h17-18H,4-16H2,1-3H3,(H,23,26,27). The number of likely N-dealkylation sites (N-methyl/N-ethyl adjacent to an activating group) is 1. The van der Waals surface area contributed by atoms with Crippen LogP contribution in [0.25, 0.3) is 0 Å². The van der Waals surface area contributed by atoms with Crippen molar-refractivity contribution in [1.82, 2.24) is 15.1 Å². The van der Waals surface area contributed by atoms with Gasteiger partial charge in [-0.15, -0.1) is 0 Å². The molecule has 0 aliphatic carbocycles. The number of imide groups is 1. The van der Waals surface area contributed by atoms with E-state index >= 15 is 0 Å². The lowest BCUT2D eigenvalue weighted by Gasteiger charge is -2.36. The number of ether oxygens (including phenoxy) is 1. The number of carbonyl (C=O) groups is 2. The zero-order valence-electron chi connectivity index (χ0n) is 18.3. The monoisotopic (exact) mass is 426 g/mol. The van der Waals surface area contributed by atoms with Crippen molar-refractivity contribution in [3.05, 3.63) is 0 Å². The Morgan fingerprint density at radius 2 is 1.66 bits per heavy atom. The predicted octanol–water partition coefficient (Wildman–Crippen LogP) is 3.83. The largest absolute Gasteiger partial charge is 0.383 e. The molecule has 1 fully saturated rings. The maximum Gasteiger partial charge on any atom is 0.325 e. The highest BCUT2D eigenvalue weighted by Gasteiger charge is 2.48. The molecule has 8 heteroatoms. The smallest absolute Gasteiger partial charge is 0.325 e. The molecule has 1 saturated heterocycles. The Bertz CT molecular complexity index is 558. The summed E-state index contributed by atoms with van der Waals surface area (Å²) in [5, 5.41) is 3.27. The van der Waals surface area contributed by atoms with Crippen LogP contribution in [0, 0.1) is 0 Å². The minimum absolute atomic E-state index is 0.271. The van der Waals surface area contributed by atoms with Crippen LogP contribution in [0.3, 0.4) is 0 Å². The lowest BCUT2D eigenvalue weighted by molar-refractivity contribution is -0.127. The second kappa shape index (κ2) is 13.1. The Hall–Kier alpha value is -1.28. The number of fused-ring (bicyclic) bond motifs is 1. The van der Waals surface area contributed by atoms with Crippen molar-refractivity contribution in [1.29, 1.82) is 0 Å². The third-order valence-corrected chi connectivity index (χ3v) is 6.68. The fourth-order valence-corrected chi connectivity index (χ4v) is 4.88. The second-order valence-corrected chi connectivity index (χ2v) is 8.95. The van der Waals surface area contributed by atoms with Gasteiger partial charge in [0.15, 0.2) is 17.4 Å². The molecule has 2 rings (SSSR count). The first kappa shape index (κ1) is 24.0.